The Balaban J connectivity index is 1.68. The number of amides is 2. The lowest BCUT2D eigenvalue weighted by atomic mass is 9.91. The van der Waals surface area contributed by atoms with Crippen molar-refractivity contribution >= 4 is 6.03 Å². The number of carbonyl (C=O) groups is 1. The second-order valence-electron chi connectivity index (χ2n) is 7.61. The number of likely N-dealkylation sites (tertiary alicyclic amines) is 1. The minimum atomic E-state index is -0.824. The van der Waals surface area contributed by atoms with E-state index < -0.39 is 5.60 Å². The number of hydrogen-bond acceptors (Lipinski definition) is 3. The van der Waals surface area contributed by atoms with Gasteiger partial charge in [0.15, 0.2) is 0 Å². The minimum Gasteiger partial charge on any atom is -0.388 e. The highest BCUT2D eigenvalue weighted by atomic mass is 16.3. The molecule has 144 valence electrons. The van der Waals surface area contributed by atoms with Gasteiger partial charge in [0.2, 0.25) is 0 Å². The zero-order valence-corrected chi connectivity index (χ0v) is 16.1. The van der Waals surface area contributed by atoms with Gasteiger partial charge in [-0.05, 0) is 37.9 Å². The molecule has 0 bridgehead atoms. The summed E-state index contributed by atoms with van der Waals surface area (Å²) in [6.45, 7) is 3.99. The van der Waals surface area contributed by atoms with Crippen LogP contribution in [0.2, 0.25) is 0 Å². The number of urea groups is 1. The van der Waals surface area contributed by atoms with Crippen LogP contribution in [-0.4, -0.2) is 48.3 Å². The Morgan fingerprint density at radius 1 is 1.11 bits per heavy atom. The van der Waals surface area contributed by atoms with Gasteiger partial charge >= 0.3 is 6.03 Å². The first-order valence-electron chi connectivity index (χ1n) is 9.52. The second-order valence-corrected chi connectivity index (χ2v) is 7.61. The number of nitrogens with one attached hydrogen (secondary N) is 2. The molecule has 1 aliphatic heterocycles. The van der Waals surface area contributed by atoms with E-state index in [2.05, 4.69) is 21.6 Å². The molecule has 1 heterocycles. The summed E-state index contributed by atoms with van der Waals surface area (Å²) in [4.78, 5) is 14.8. The summed E-state index contributed by atoms with van der Waals surface area (Å²) in [5.41, 5.74) is 2.39. The molecule has 3 rings (SSSR count). The fraction of sp³-hybridized carbons (Fsp3) is 0.409. The van der Waals surface area contributed by atoms with Crippen LogP contribution in [0.5, 0.6) is 0 Å². The Hall–Kier alpha value is -2.37. The van der Waals surface area contributed by atoms with Crippen LogP contribution in [-0.2, 0) is 0 Å². The number of rotatable bonds is 5. The zero-order valence-electron chi connectivity index (χ0n) is 16.1. The SMILES string of the molecule is Cc1cccc([C@H](NC(=O)NCC2(O)CCN(C)CC2)c2ccccc2)c1. The minimum absolute atomic E-state index is 0.238. The Bertz CT molecular complexity index is 755. The average molecular weight is 367 g/mol. The van der Waals surface area contributed by atoms with E-state index in [1.165, 1.54) is 0 Å². The first-order chi connectivity index (χ1) is 13.0. The molecule has 5 nitrogen and oxygen atoms in total. The lowest BCUT2D eigenvalue weighted by Gasteiger charge is -2.36. The molecular formula is C22H29N3O2. The van der Waals surface area contributed by atoms with Gasteiger partial charge in [-0.1, -0.05) is 60.2 Å². The van der Waals surface area contributed by atoms with Crippen molar-refractivity contribution in [3.05, 3.63) is 71.3 Å². The topological polar surface area (TPSA) is 64.6 Å². The third-order valence-corrected chi connectivity index (χ3v) is 5.28. The quantitative estimate of drug-likeness (QED) is 0.761. The van der Waals surface area contributed by atoms with Crippen molar-refractivity contribution in [2.75, 3.05) is 26.7 Å². The first kappa shape index (κ1) is 19.4. The van der Waals surface area contributed by atoms with Crippen molar-refractivity contribution in [1.82, 2.24) is 15.5 Å². The third kappa shape index (κ3) is 5.31. The molecule has 0 aliphatic carbocycles. The Labute approximate surface area is 161 Å². The van der Waals surface area contributed by atoms with Gasteiger partial charge in [0.1, 0.15) is 0 Å². The van der Waals surface area contributed by atoms with Crippen molar-refractivity contribution in [3.8, 4) is 0 Å². The summed E-state index contributed by atoms with van der Waals surface area (Å²) >= 11 is 0. The second kappa shape index (κ2) is 8.55. The van der Waals surface area contributed by atoms with Crippen molar-refractivity contribution in [1.29, 1.82) is 0 Å². The van der Waals surface area contributed by atoms with E-state index in [0.29, 0.717) is 12.8 Å². The van der Waals surface area contributed by atoms with E-state index >= 15 is 0 Å². The molecule has 2 aromatic carbocycles. The van der Waals surface area contributed by atoms with E-state index in [-0.39, 0.29) is 18.6 Å². The van der Waals surface area contributed by atoms with E-state index in [1.807, 2.05) is 62.5 Å². The largest absolute Gasteiger partial charge is 0.388 e. The number of aryl methyl sites for hydroxylation is 1. The van der Waals surface area contributed by atoms with E-state index in [4.69, 9.17) is 0 Å². The van der Waals surface area contributed by atoms with Crippen LogP contribution in [0.4, 0.5) is 4.79 Å². The van der Waals surface area contributed by atoms with Gasteiger partial charge < -0.3 is 20.6 Å². The van der Waals surface area contributed by atoms with Crippen molar-refractivity contribution in [3.63, 3.8) is 0 Å². The zero-order chi connectivity index (χ0) is 19.3. The van der Waals surface area contributed by atoms with Crippen LogP contribution in [0, 0.1) is 6.92 Å². The molecule has 27 heavy (non-hydrogen) atoms. The number of nitrogens with zero attached hydrogens (tertiary/aromatic N) is 1. The number of benzene rings is 2. The maximum Gasteiger partial charge on any atom is 0.315 e. The van der Waals surface area contributed by atoms with Crippen LogP contribution < -0.4 is 10.6 Å². The molecule has 1 atom stereocenters. The van der Waals surface area contributed by atoms with E-state index in [0.717, 1.165) is 29.8 Å². The first-order valence-corrected chi connectivity index (χ1v) is 9.52. The van der Waals surface area contributed by atoms with Gasteiger partial charge in [-0.15, -0.1) is 0 Å². The highest BCUT2D eigenvalue weighted by molar-refractivity contribution is 5.75. The number of carbonyl (C=O) groups excluding carboxylic acids is 1. The summed E-state index contributed by atoms with van der Waals surface area (Å²) in [5, 5.41) is 16.6. The fourth-order valence-corrected chi connectivity index (χ4v) is 3.49. The van der Waals surface area contributed by atoms with Gasteiger partial charge in [-0.2, -0.15) is 0 Å². The molecule has 1 saturated heterocycles. The molecule has 0 aromatic heterocycles. The number of piperidine rings is 1. The van der Waals surface area contributed by atoms with E-state index in [1.54, 1.807) is 0 Å². The highest BCUT2D eigenvalue weighted by Gasteiger charge is 2.31. The number of aliphatic hydroxyl groups is 1. The van der Waals surface area contributed by atoms with Gasteiger partial charge in [-0.3, -0.25) is 0 Å². The average Bonchev–Trinajstić information content (AvgIpc) is 2.68. The molecule has 0 radical (unpaired) electrons. The van der Waals surface area contributed by atoms with Crippen molar-refractivity contribution < 1.29 is 9.90 Å². The van der Waals surface area contributed by atoms with Crippen LogP contribution in [0.1, 0.15) is 35.6 Å². The fourth-order valence-electron chi connectivity index (χ4n) is 3.49. The predicted octanol–water partition coefficient (Wildman–Crippen LogP) is 2.84. The standard InChI is InChI=1S/C22H29N3O2/c1-17-7-6-10-19(15-17)20(18-8-4-3-5-9-18)24-21(26)23-16-22(27)11-13-25(2)14-12-22/h3-10,15,20,27H,11-14,16H2,1-2H3,(H2,23,24,26)/t20-/m1/s1. The Morgan fingerprint density at radius 2 is 1.78 bits per heavy atom. The summed E-state index contributed by atoms with van der Waals surface area (Å²) in [5.74, 6) is 0. The van der Waals surface area contributed by atoms with Gasteiger partial charge in [0, 0.05) is 19.6 Å². The van der Waals surface area contributed by atoms with E-state index in [9.17, 15) is 9.90 Å². The van der Waals surface area contributed by atoms with Crippen LogP contribution >= 0.6 is 0 Å². The normalized spacial score (nSPS) is 17.9. The summed E-state index contributed by atoms with van der Waals surface area (Å²) in [7, 11) is 2.05. The Morgan fingerprint density at radius 3 is 2.44 bits per heavy atom. The molecule has 1 fully saturated rings. The molecular weight excluding hydrogens is 338 g/mol. The lowest BCUT2D eigenvalue weighted by Crippen LogP contribution is -2.52. The summed E-state index contributed by atoms with van der Waals surface area (Å²) in [6, 6.07) is 17.6. The monoisotopic (exact) mass is 367 g/mol. The van der Waals surface area contributed by atoms with Gasteiger partial charge in [0.05, 0.1) is 11.6 Å². The molecule has 2 aromatic rings. The van der Waals surface area contributed by atoms with Crippen LogP contribution in [0.25, 0.3) is 0 Å². The molecule has 0 spiro atoms. The predicted molar refractivity (Wildman–Crippen MR) is 108 cm³/mol. The lowest BCUT2D eigenvalue weighted by molar-refractivity contribution is -0.0123. The molecule has 0 unspecified atom stereocenters. The molecule has 2 amide bonds. The van der Waals surface area contributed by atoms with Crippen LogP contribution in [0.15, 0.2) is 54.6 Å². The molecule has 3 N–H and O–H groups in total. The maximum absolute atomic E-state index is 12.6. The summed E-state index contributed by atoms with van der Waals surface area (Å²) in [6.07, 6.45) is 1.34. The molecule has 1 aliphatic rings. The summed E-state index contributed by atoms with van der Waals surface area (Å²) < 4.78 is 0. The smallest absolute Gasteiger partial charge is 0.315 e. The Kier molecular flexibility index (Phi) is 6.14. The molecule has 0 saturated carbocycles. The van der Waals surface area contributed by atoms with Crippen LogP contribution in [0.3, 0.4) is 0 Å². The number of hydrogen-bond donors (Lipinski definition) is 3. The van der Waals surface area contributed by atoms with Crippen molar-refractivity contribution in [2.24, 2.45) is 0 Å². The van der Waals surface area contributed by atoms with Crippen molar-refractivity contribution in [2.45, 2.75) is 31.4 Å². The highest BCUT2D eigenvalue weighted by Crippen LogP contribution is 2.23. The van der Waals surface area contributed by atoms with Gasteiger partial charge in [-0.25, -0.2) is 4.79 Å². The maximum atomic E-state index is 12.6. The van der Waals surface area contributed by atoms with Gasteiger partial charge in [0.25, 0.3) is 0 Å². The third-order valence-electron chi connectivity index (χ3n) is 5.28. The molecule has 5 heteroatoms.